The van der Waals surface area contributed by atoms with Crippen LogP contribution in [-0.2, 0) is 0 Å². The van der Waals surface area contributed by atoms with E-state index in [-0.39, 0.29) is 17.9 Å². The van der Waals surface area contributed by atoms with E-state index in [4.69, 9.17) is 9.47 Å². The fourth-order valence-corrected chi connectivity index (χ4v) is 3.58. The van der Waals surface area contributed by atoms with Crippen molar-refractivity contribution in [3.63, 3.8) is 0 Å². The molecule has 1 aliphatic heterocycles. The van der Waals surface area contributed by atoms with Gasteiger partial charge in [-0.1, -0.05) is 26.0 Å². The molecule has 0 saturated carbocycles. The Kier molecular flexibility index (Phi) is 5.32. The van der Waals surface area contributed by atoms with Crippen molar-refractivity contribution in [2.45, 2.75) is 32.8 Å². The molecule has 2 heterocycles. The third-order valence-electron chi connectivity index (χ3n) is 4.17. The summed E-state index contributed by atoms with van der Waals surface area (Å²) in [6.07, 6.45) is -0.207. The number of para-hydroxylation sites is 2. The van der Waals surface area contributed by atoms with E-state index in [0.29, 0.717) is 31.1 Å². The van der Waals surface area contributed by atoms with Gasteiger partial charge in [0.1, 0.15) is 6.61 Å². The Morgan fingerprint density at radius 1 is 1.40 bits per heavy atom. The first-order chi connectivity index (χ1) is 12.0. The third-order valence-corrected chi connectivity index (χ3v) is 4.98. The summed E-state index contributed by atoms with van der Waals surface area (Å²) < 4.78 is 12.4. The van der Waals surface area contributed by atoms with Crippen LogP contribution in [0.3, 0.4) is 0 Å². The molecule has 1 aromatic carbocycles. The Morgan fingerprint density at radius 2 is 2.12 bits per heavy atom. The van der Waals surface area contributed by atoms with Crippen LogP contribution in [-0.4, -0.2) is 46.8 Å². The Morgan fingerprint density at radius 3 is 2.76 bits per heavy atom. The van der Waals surface area contributed by atoms with E-state index in [1.165, 1.54) is 0 Å². The lowest BCUT2D eigenvalue weighted by Crippen LogP contribution is -2.43. The first-order valence-electron chi connectivity index (χ1n) is 8.42. The zero-order valence-electron chi connectivity index (χ0n) is 14.6. The Hall–Kier alpha value is -2.02. The minimum atomic E-state index is -0.207. The average molecular weight is 408 g/mol. The Balaban J connectivity index is 1.72. The molecule has 0 aliphatic carbocycles. The van der Waals surface area contributed by atoms with Gasteiger partial charge in [-0.15, -0.1) is 0 Å². The van der Waals surface area contributed by atoms with Gasteiger partial charge in [-0.3, -0.25) is 9.89 Å². The molecule has 25 heavy (non-hydrogen) atoms. The Labute approximate surface area is 155 Å². The molecular weight excluding hydrogens is 386 g/mol. The molecule has 1 aromatic heterocycles. The molecule has 134 valence electrons. The molecule has 1 amide bonds. The number of nitrogens with zero attached hydrogens (tertiary/aromatic N) is 2. The molecule has 0 spiro atoms. The second-order valence-corrected chi connectivity index (χ2v) is 7.09. The van der Waals surface area contributed by atoms with Crippen molar-refractivity contribution in [1.29, 1.82) is 0 Å². The molecule has 0 saturated heterocycles. The summed E-state index contributed by atoms with van der Waals surface area (Å²) in [7, 11) is 0. The van der Waals surface area contributed by atoms with E-state index in [2.05, 4.69) is 40.0 Å². The summed E-state index contributed by atoms with van der Waals surface area (Å²) in [6.45, 7) is 7.47. The number of benzene rings is 1. The number of aromatic nitrogens is 2. The largest absolute Gasteiger partial charge is 0.486 e. The van der Waals surface area contributed by atoms with Gasteiger partial charge >= 0.3 is 0 Å². The summed E-state index contributed by atoms with van der Waals surface area (Å²) in [5.41, 5.74) is 1.33. The maximum absolute atomic E-state index is 12.9. The van der Waals surface area contributed by atoms with Crippen molar-refractivity contribution >= 4 is 21.8 Å². The topological polar surface area (TPSA) is 67.5 Å². The number of fused-ring (bicyclic) bond motifs is 1. The quantitative estimate of drug-likeness (QED) is 0.821. The summed E-state index contributed by atoms with van der Waals surface area (Å²) in [4.78, 5) is 14.6. The minimum Gasteiger partial charge on any atom is -0.486 e. The van der Waals surface area contributed by atoms with Crippen molar-refractivity contribution in [2.24, 2.45) is 0 Å². The fraction of sp³-hybridized carbons (Fsp3) is 0.444. The SMILES string of the molecule is CCN(CC1COc2ccccc2O1)C(=O)c1n[nH]c(C(C)C)c1Br. The van der Waals surface area contributed by atoms with Gasteiger partial charge in [0.05, 0.1) is 16.7 Å². The molecule has 7 heteroatoms. The molecule has 1 atom stereocenters. The smallest absolute Gasteiger partial charge is 0.275 e. The maximum Gasteiger partial charge on any atom is 0.275 e. The van der Waals surface area contributed by atoms with Gasteiger partial charge in [-0.05, 0) is 40.9 Å². The van der Waals surface area contributed by atoms with Crippen LogP contribution < -0.4 is 9.47 Å². The number of ether oxygens (including phenoxy) is 2. The van der Waals surface area contributed by atoms with E-state index in [1.54, 1.807) is 4.90 Å². The van der Waals surface area contributed by atoms with Gasteiger partial charge in [0.2, 0.25) is 0 Å². The highest BCUT2D eigenvalue weighted by Crippen LogP contribution is 2.31. The molecule has 1 aliphatic rings. The molecule has 2 aromatic rings. The number of hydrogen-bond donors (Lipinski definition) is 1. The number of nitrogens with one attached hydrogen (secondary N) is 1. The van der Waals surface area contributed by atoms with Crippen LogP contribution in [0.15, 0.2) is 28.7 Å². The molecule has 0 fully saturated rings. The highest BCUT2D eigenvalue weighted by molar-refractivity contribution is 9.10. The molecule has 1 unspecified atom stereocenters. The molecular formula is C18H22BrN3O3. The number of H-pyrrole nitrogens is 1. The zero-order chi connectivity index (χ0) is 18.0. The average Bonchev–Trinajstić information content (AvgIpc) is 3.00. The van der Waals surface area contributed by atoms with E-state index < -0.39 is 0 Å². The zero-order valence-corrected chi connectivity index (χ0v) is 16.2. The van der Waals surface area contributed by atoms with Crippen molar-refractivity contribution < 1.29 is 14.3 Å². The molecule has 6 nitrogen and oxygen atoms in total. The molecule has 0 bridgehead atoms. The second-order valence-electron chi connectivity index (χ2n) is 6.30. The van der Waals surface area contributed by atoms with Gasteiger partial charge < -0.3 is 14.4 Å². The summed E-state index contributed by atoms with van der Waals surface area (Å²) in [5, 5.41) is 7.15. The van der Waals surface area contributed by atoms with Gasteiger partial charge in [0.15, 0.2) is 23.3 Å². The minimum absolute atomic E-state index is 0.125. The summed E-state index contributed by atoms with van der Waals surface area (Å²) >= 11 is 3.50. The predicted molar refractivity (Wildman–Crippen MR) is 98.3 cm³/mol. The first-order valence-corrected chi connectivity index (χ1v) is 9.22. The van der Waals surface area contributed by atoms with Crippen LogP contribution >= 0.6 is 15.9 Å². The number of hydrogen-bond acceptors (Lipinski definition) is 4. The van der Waals surface area contributed by atoms with Crippen LogP contribution in [0.25, 0.3) is 0 Å². The normalized spacial score (nSPS) is 16.1. The monoisotopic (exact) mass is 407 g/mol. The van der Waals surface area contributed by atoms with Crippen LogP contribution in [0, 0.1) is 0 Å². The van der Waals surface area contributed by atoms with Gasteiger partial charge in [-0.2, -0.15) is 5.10 Å². The third kappa shape index (κ3) is 3.66. The Bertz CT molecular complexity index is 760. The van der Waals surface area contributed by atoms with Crippen molar-refractivity contribution in [3.05, 3.63) is 40.1 Å². The molecule has 0 radical (unpaired) electrons. The molecule has 1 N–H and O–H groups in total. The number of halogens is 1. The van der Waals surface area contributed by atoms with Gasteiger partial charge in [0, 0.05) is 6.54 Å². The first kappa shape index (κ1) is 17.8. The number of likely N-dealkylation sites (N-methyl/N-ethyl adjacent to an activating group) is 1. The van der Waals surface area contributed by atoms with E-state index in [9.17, 15) is 4.79 Å². The van der Waals surface area contributed by atoms with Crippen LogP contribution in [0.4, 0.5) is 0 Å². The second kappa shape index (κ2) is 7.47. The van der Waals surface area contributed by atoms with Crippen molar-refractivity contribution in [2.75, 3.05) is 19.7 Å². The lowest BCUT2D eigenvalue weighted by atomic mass is 10.1. The molecule has 3 rings (SSSR count). The van der Waals surface area contributed by atoms with Crippen LogP contribution in [0.1, 0.15) is 42.9 Å². The van der Waals surface area contributed by atoms with Crippen molar-refractivity contribution in [3.8, 4) is 11.5 Å². The highest BCUT2D eigenvalue weighted by Gasteiger charge is 2.28. The van der Waals surface area contributed by atoms with Gasteiger partial charge in [0.25, 0.3) is 5.91 Å². The van der Waals surface area contributed by atoms with E-state index >= 15 is 0 Å². The lowest BCUT2D eigenvalue weighted by Gasteiger charge is -2.30. The maximum atomic E-state index is 12.9. The van der Waals surface area contributed by atoms with E-state index in [1.807, 2.05) is 31.2 Å². The predicted octanol–water partition coefficient (Wildman–Crippen LogP) is 3.60. The van der Waals surface area contributed by atoms with Gasteiger partial charge in [-0.25, -0.2) is 0 Å². The summed E-state index contributed by atoms with van der Waals surface area (Å²) in [6, 6.07) is 7.56. The van der Waals surface area contributed by atoms with E-state index in [0.717, 1.165) is 15.9 Å². The van der Waals surface area contributed by atoms with Crippen LogP contribution in [0.5, 0.6) is 11.5 Å². The van der Waals surface area contributed by atoms with Crippen LogP contribution in [0.2, 0.25) is 0 Å². The number of aromatic amines is 1. The summed E-state index contributed by atoms with van der Waals surface area (Å²) in [5.74, 6) is 1.58. The number of amides is 1. The fourth-order valence-electron chi connectivity index (χ4n) is 2.77. The lowest BCUT2D eigenvalue weighted by molar-refractivity contribution is 0.0470. The number of carbonyl (C=O) groups is 1. The van der Waals surface area contributed by atoms with Crippen molar-refractivity contribution in [1.82, 2.24) is 15.1 Å². The standard InChI is InChI=1S/C18H22BrN3O3/c1-4-22(18(23)17-15(19)16(11(2)3)20-21-17)9-12-10-24-13-7-5-6-8-14(13)25-12/h5-8,11-12H,4,9-10H2,1-3H3,(H,20,21). The highest BCUT2D eigenvalue weighted by atomic mass is 79.9. The number of rotatable bonds is 5. The number of carbonyl (C=O) groups excluding carboxylic acids is 1.